The minimum atomic E-state index is -5.09. The van der Waals surface area contributed by atoms with Gasteiger partial charge in [-0.3, -0.25) is 0 Å². The number of halogens is 6. The van der Waals surface area contributed by atoms with Gasteiger partial charge in [-0.15, -0.1) is 13.2 Å². The second-order valence-electron chi connectivity index (χ2n) is 6.22. The number of benzene rings is 2. The van der Waals surface area contributed by atoms with Gasteiger partial charge in [0, 0.05) is 5.69 Å². The Kier molecular flexibility index (Phi) is 5.65. The predicted octanol–water partition coefficient (Wildman–Crippen LogP) is 4.64. The van der Waals surface area contributed by atoms with Crippen LogP contribution in [0.1, 0.15) is 12.0 Å². The molecule has 2 aromatic rings. The summed E-state index contributed by atoms with van der Waals surface area (Å²) >= 11 is 4.97. The highest BCUT2D eigenvalue weighted by Gasteiger charge is 2.62. The van der Waals surface area contributed by atoms with E-state index < -0.39 is 35.5 Å². The van der Waals surface area contributed by atoms with Crippen molar-refractivity contribution in [3.63, 3.8) is 0 Å². The summed E-state index contributed by atoms with van der Waals surface area (Å²) < 4.78 is 81.2. The van der Waals surface area contributed by atoms with Crippen molar-refractivity contribution in [1.29, 1.82) is 0 Å². The predicted molar refractivity (Wildman–Crippen MR) is 99.8 cm³/mol. The lowest BCUT2D eigenvalue weighted by molar-refractivity contribution is -0.294. The summed E-state index contributed by atoms with van der Waals surface area (Å²) in [6, 6.07) is 12.1. The summed E-state index contributed by atoms with van der Waals surface area (Å²) in [6.45, 7) is 0. The summed E-state index contributed by atoms with van der Waals surface area (Å²) in [5.74, 6) is -0.517. The molecule has 0 spiro atoms. The van der Waals surface area contributed by atoms with Crippen molar-refractivity contribution >= 4 is 28.7 Å². The van der Waals surface area contributed by atoms with E-state index in [1.54, 1.807) is 18.2 Å². The molecular weight excluding hydrogens is 436 g/mol. The Balaban J connectivity index is 1.83. The van der Waals surface area contributed by atoms with E-state index in [1.807, 2.05) is 0 Å². The quantitative estimate of drug-likeness (QED) is 0.528. The molecule has 5 nitrogen and oxygen atoms in total. The van der Waals surface area contributed by atoms with E-state index in [1.165, 1.54) is 12.1 Å². The van der Waals surface area contributed by atoms with Crippen molar-refractivity contribution in [2.45, 2.75) is 24.7 Å². The molecule has 0 aromatic heterocycles. The van der Waals surface area contributed by atoms with Crippen molar-refractivity contribution in [2.75, 3.05) is 5.32 Å². The van der Waals surface area contributed by atoms with Crippen molar-refractivity contribution < 1.29 is 36.2 Å². The number of aliphatic hydroxyl groups is 1. The normalized spacial score (nSPS) is 19.4. The minimum absolute atomic E-state index is 0.0338. The Morgan fingerprint density at radius 3 is 2.17 bits per heavy atom. The first-order valence-corrected chi connectivity index (χ1v) is 8.69. The lowest BCUT2D eigenvalue weighted by Crippen LogP contribution is -2.57. The number of nitrogens with zero attached hydrogens (tertiary/aromatic N) is 2. The Morgan fingerprint density at radius 2 is 1.63 bits per heavy atom. The molecule has 1 heterocycles. The fourth-order valence-corrected chi connectivity index (χ4v) is 3.00. The number of hydrogen-bond acceptors (Lipinski definition) is 4. The van der Waals surface area contributed by atoms with Gasteiger partial charge in [0.05, 0.1) is 12.1 Å². The number of ether oxygens (including phenoxy) is 1. The molecule has 0 aliphatic carbocycles. The van der Waals surface area contributed by atoms with Crippen LogP contribution in [0.25, 0.3) is 0 Å². The highest BCUT2D eigenvalue weighted by molar-refractivity contribution is 7.80. The first kappa shape index (κ1) is 21.8. The van der Waals surface area contributed by atoms with E-state index in [0.29, 0.717) is 5.56 Å². The van der Waals surface area contributed by atoms with E-state index >= 15 is 0 Å². The number of hydrazone groups is 1. The molecular formula is C18H13F6N3O2S. The van der Waals surface area contributed by atoms with Gasteiger partial charge in [0.1, 0.15) is 5.75 Å². The molecule has 1 atom stereocenters. The first-order chi connectivity index (χ1) is 13.9. The number of nitrogens with one attached hydrogen (secondary N) is 1. The summed E-state index contributed by atoms with van der Waals surface area (Å²) in [7, 11) is 0. The Bertz CT molecular complexity index is 947. The van der Waals surface area contributed by atoms with Crippen LogP contribution in [0, 0.1) is 0 Å². The van der Waals surface area contributed by atoms with E-state index in [0.717, 1.165) is 24.3 Å². The SMILES string of the molecule is OC1(C(F)(F)F)CC(c2ccccc2)=NN1C(=S)Nc1ccc(OC(F)(F)F)cc1. The van der Waals surface area contributed by atoms with Crippen LogP contribution in [0.5, 0.6) is 5.75 Å². The topological polar surface area (TPSA) is 57.1 Å². The third-order valence-corrected chi connectivity index (χ3v) is 4.35. The molecule has 2 aromatic carbocycles. The Labute approximate surface area is 171 Å². The fourth-order valence-electron chi connectivity index (χ4n) is 2.69. The van der Waals surface area contributed by atoms with Gasteiger partial charge in [-0.1, -0.05) is 30.3 Å². The zero-order valence-corrected chi connectivity index (χ0v) is 15.6. The van der Waals surface area contributed by atoms with Crippen LogP contribution in [-0.2, 0) is 0 Å². The van der Waals surface area contributed by atoms with Crippen molar-refractivity contribution in [3.05, 3.63) is 60.2 Å². The van der Waals surface area contributed by atoms with E-state index in [4.69, 9.17) is 12.2 Å². The Morgan fingerprint density at radius 1 is 1.03 bits per heavy atom. The van der Waals surface area contributed by atoms with Gasteiger partial charge in [0.15, 0.2) is 5.11 Å². The molecule has 30 heavy (non-hydrogen) atoms. The lowest BCUT2D eigenvalue weighted by Gasteiger charge is -2.34. The van der Waals surface area contributed by atoms with Crippen LogP contribution in [0.4, 0.5) is 32.0 Å². The number of anilines is 1. The summed E-state index contributed by atoms with van der Waals surface area (Å²) in [5.41, 5.74) is -2.98. The van der Waals surface area contributed by atoms with Gasteiger partial charge in [0.25, 0.3) is 5.72 Å². The number of rotatable bonds is 3. The van der Waals surface area contributed by atoms with Crippen molar-refractivity contribution in [3.8, 4) is 5.75 Å². The highest BCUT2D eigenvalue weighted by atomic mass is 32.1. The average molecular weight is 449 g/mol. The summed E-state index contributed by atoms with van der Waals surface area (Å²) in [4.78, 5) is 0. The maximum atomic E-state index is 13.6. The average Bonchev–Trinajstić information content (AvgIpc) is 3.02. The maximum Gasteiger partial charge on any atom is 0.573 e. The third-order valence-electron chi connectivity index (χ3n) is 4.08. The van der Waals surface area contributed by atoms with Gasteiger partial charge in [-0.25, -0.2) is 0 Å². The van der Waals surface area contributed by atoms with Crippen LogP contribution in [0.2, 0.25) is 0 Å². The molecule has 0 radical (unpaired) electrons. The molecule has 12 heteroatoms. The zero-order valence-electron chi connectivity index (χ0n) is 14.8. The molecule has 0 saturated heterocycles. The van der Waals surface area contributed by atoms with Gasteiger partial charge < -0.3 is 15.2 Å². The molecule has 0 amide bonds. The highest BCUT2D eigenvalue weighted by Crippen LogP contribution is 2.41. The van der Waals surface area contributed by atoms with Gasteiger partial charge in [-0.05, 0) is 42.0 Å². The largest absolute Gasteiger partial charge is 0.573 e. The lowest BCUT2D eigenvalue weighted by atomic mass is 10.0. The first-order valence-electron chi connectivity index (χ1n) is 8.28. The Hall–Kier alpha value is -2.86. The molecule has 160 valence electrons. The molecule has 1 aliphatic heterocycles. The van der Waals surface area contributed by atoms with E-state index in [2.05, 4.69) is 15.2 Å². The molecule has 2 N–H and O–H groups in total. The summed E-state index contributed by atoms with van der Waals surface area (Å²) in [5, 5.41) is 16.3. The van der Waals surface area contributed by atoms with Gasteiger partial charge in [0.2, 0.25) is 0 Å². The second kappa shape index (κ2) is 7.76. The third kappa shape index (κ3) is 4.65. The molecule has 3 rings (SSSR count). The monoisotopic (exact) mass is 449 g/mol. The van der Waals surface area contributed by atoms with Gasteiger partial charge in [-0.2, -0.15) is 23.3 Å². The molecule has 1 unspecified atom stereocenters. The standard InChI is InChI=1S/C18H13F6N3O2S/c19-17(20,21)16(28)10-14(11-4-2-1-3-5-11)26-27(16)15(30)25-12-6-8-13(9-7-12)29-18(22,23)24/h1-9,28H,10H2,(H,25,30). The summed E-state index contributed by atoms with van der Waals surface area (Å²) in [6.07, 6.45) is -10.8. The molecule has 0 saturated carbocycles. The molecule has 1 aliphatic rings. The number of alkyl halides is 6. The maximum absolute atomic E-state index is 13.6. The smallest absolute Gasteiger partial charge is 0.406 e. The van der Waals surface area contributed by atoms with Crippen LogP contribution < -0.4 is 10.1 Å². The number of thiocarbonyl (C=S) groups is 1. The number of hydrogen-bond donors (Lipinski definition) is 2. The van der Waals surface area contributed by atoms with Crippen molar-refractivity contribution in [1.82, 2.24) is 5.01 Å². The van der Waals surface area contributed by atoms with Crippen LogP contribution in [0.15, 0.2) is 59.7 Å². The molecule has 0 fully saturated rings. The van der Waals surface area contributed by atoms with Crippen LogP contribution in [0.3, 0.4) is 0 Å². The van der Waals surface area contributed by atoms with E-state index in [-0.39, 0.29) is 16.4 Å². The van der Waals surface area contributed by atoms with E-state index in [9.17, 15) is 31.4 Å². The van der Waals surface area contributed by atoms with Crippen LogP contribution >= 0.6 is 12.2 Å². The zero-order chi connectivity index (χ0) is 22.2. The minimum Gasteiger partial charge on any atom is -0.406 e. The van der Waals surface area contributed by atoms with Crippen molar-refractivity contribution in [2.24, 2.45) is 5.10 Å². The second-order valence-corrected chi connectivity index (χ2v) is 6.60. The van der Waals surface area contributed by atoms with Gasteiger partial charge >= 0.3 is 12.5 Å². The molecule has 0 bridgehead atoms. The fraction of sp³-hybridized carbons (Fsp3) is 0.222. The van der Waals surface area contributed by atoms with Crippen LogP contribution in [-0.4, -0.2) is 39.2 Å².